The molecule has 1 aromatic carbocycles. The molecule has 34 heavy (non-hydrogen) atoms. The highest BCUT2D eigenvalue weighted by Crippen LogP contribution is 2.71. The van der Waals surface area contributed by atoms with Crippen LogP contribution in [0.1, 0.15) is 39.9 Å². The first-order valence-electron chi connectivity index (χ1n) is 11.3. The van der Waals surface area contributed by atoms with Crippen LogP contribution in [0.3, 0.4) is 0 Å². The van der Waals surface area contributed by atoms with Crippen LogP contribution in [0.4, 0.5) is 0 Å². The molecule has 0 bridgehead atoms. The van der Waals surface area contributed by atoms with Crippen LogP contribution < -0.4 is 5.56 Å². The topological polar surface area (TPSA) is 126 Å². The van der Waals surface area contributed by atoms with Crippen LogP contribution in [0.25, 0.3) is 11.3 Å². The molecule has 0 fully saturated rings. The molecular formula is C22H34N2O8P2. The van der Waals surface area contributed by atoms with Crippen molar-refractivity contribution in [3.63, 3.8) is 0 Å². The molecule has 0 saturated heterocycles. The van der Waals surface area contributed by atoms with Crippen LogP contribution in [0.2, 0.25) is 0 Å². The van der Waals surface area contributed by atoms with E-state index in [9.17, 15) is 19.0 Å². The van der Waals surface area contributed by atoms with Gasteiger partial charge in [-0.15, -0.1) is 0 Å². The highest BCUT2D eigenvalue weighted by molar-refractivity contribution is 7.72. The summed E-state index contributed by atoms with van der Waals surface area (Å²) in [5.41, 5.74) is 0.0703. The highest BCUT2D eigenvalue weighted by atomic mass is 31.2. The number of hydrogen-bond donors (Lipinski definition) is 1. The van der Waals surface area contributed by atoms with Crippen LogP contribution in [-0.4, -0.2) is 46.5 Å². The van der Waals surface area contributed by atoms with Crippen LogP contribution >= 0.6 is 15.2 Å². The maximum absolute atomic E-state index is 13.7. The van der Waals surface area contributed by atoms with Crippen molar-refractivity contribution in [2.45, 2.75) is 45.9 Å². The SMILES string of the molecule is CCOP(=O)(OCC)C(CCc1nc(-c2ccccc2)c(O)c(=O)n1C)P(=O)(OCC)OCC. The number of aromatic hydroxyl groups is 1. The van der Waals surface area contributed by atoms with E-state index in [0.717, 1.165) is 0 Å². The maximum atomic E-state index is 13.7. The molecule has 0 amide bonds. The van der Waals surface area contributed by atoms with Gasteiger partial charge in [0, 0.05) is 19.0 Å². The van der Waals surface area contributed by atoms with E-state index in [-0.39, 0.29) is 45.0 Å². The Bertz CT molecular complexity index is 1040. The lowest BCUT2D eigenvalue weighted by atomic mass is 10.1. The summed E-state index contributed by atoms with van der Waals surface area (Å²) in [6.45, 7) is 6.91. The zero-order chi connectivity index (χ0) is 25.4. The quantitative estimate of drug-likeness (QED) is 0.347. The lowest BCUT2D eigenvalue weighted by molar-refractivity contribution is 0.193. The molecule has 0 saturated carbocycles. The minimum atomic E-state index is -3.93. The molecule has 0 radical (unpaired) electrons. The lowest BCUT2D eigenvalue weighted by Gasteiger charge is -2.31. The molecule has 0 aliphatic rings. The molecule has 0 spiro atoms. The summed E-state index contributed by atoms with van der Waals surface area (Å²) in [6.07, 6.45) is 0.0542. The van der Waals surface area contributed by atoms with E-state index in [1.807, 2.05) is 6.07 Å². The number of aromatic nitrogens is 2. The monoisotopic (exact) mass is 516 g/mol. The molecule has 12 heteroatoms. The Morgan fingerprint density at radius 2 is 1.38 bits per heavy atom. The van der Waals surface area contributed by atoms with E-state index in [1.54, 1.807) is 52.0 Å². The molecule has 1 aromatic heterocycles. The van der Waals surface area contributed by atoms with Gasteiger partial charge in [0.25, 0.3) is 5.56 Å². The third-order valence-corrected chi connectivity index (χ3v) is 11.1. The molecule has 0 atom stereocenters. The second-order valence-electron chi connectivity index (χ2n) is 7.23. The fourth-order valence-corrected chi connectivity index (χ4v) is 8.89. The first kappa shape index (κ1) is 28.4. The number of hydrogen-bond acceptors (Lipinski definition) is 9. The zero-order valence-corrected chi connectivity index (χ0v) is 22.1. The Labute approximate surface area is 200 Å². The van der Waals surface area contributed by atoms with Crippen molar-refractivity contribution in [1.29, 1.82) is 0 Å². The largest absolute Gasteiger partial charge is 0.502 e. The predicted molar refractivity (Wildman–Crippen MR) is 130 cm³/mol. The Kier molecular flexibility index (Phi) is 10.7. The molecule has 10 nitrogen and oxygen atoms in total. The molecule has 0 aliphatic carbocycles. The summed E-state index contributed by atoms with van der Waals surface area (Å²) < 4.78 is 50.6. The van der Waals surface area contributed by atoms with Crippen molar-refractivity contribution >= 4 is 15.2 Å². The van der Waals surface area contributed by atoms with Crippen molar-refractivity contribution in [3.05, 3.63) is 46.5 Å². The standard InChI is InChI=1S/C22H34N2O8P2/c1-6-29-33(27,30-7-2)19(34(28,31-8-3)32-9-4)16-15-18-23-20(17-13-11-10-12-14-17)21(25)22(26)24(18)5/h10-14,19,25H,6-9,15-16H2,1-5H3. The van der Waals surface area contributed by atoms with Gasteiger partial charge in [-0.2, -0.15) is 0 Å². The van der Waals surface area contributed by atoms with Crippen molar-refractivity contribution in [2.24, 2.45) is 7.05 Å². The van der Waals surface area contributed by atoms with E-state index in [2.05, 4.69) is 4.98 Å². The van der Waals surface area contributed by atoms with Gasteiger partial charge in [-0.25, -0.2) is 4.98 Å². The predicted octanol–water partition coefficient (Wildman–Crippen LogP) is 4.94. The van der Waals surface area contributed by atoms with Gasteiger partial charge in [-0.3, -0.25) is 18.5 Å². The van der Waals surface area contributed by atoms with Gasteiger partial charge < -0.3 is 23.2 Å². The number of aryl methyl sites for hydroxylation is 1. The van der Waals surface area contributed by atoms with Crippen molar-refractivity contribution in [2.75, 3.05) is 26.4 Å². The fourth-order valence-electron chi connectivity index (χ4n) is 3.54. The van der Waals surface area contributed by atoms with Crippen molar-refractivity contribution in [3.8, 4) is 17.0 Å². The summed E-state index contributed by atoms with van der Waals surface area (Å²) in [6, 6.07) is 8.80. The van der Waals surface area contributed by atoms with Gasteiger partial charge in [0.15, 0.2) is 5.40 Å². The van der Waals surface area contributed by atoms with Gasteiger partial charge in [-0.1, -0.05) is 30.3 Å². The minimum Gasteiger partial charge on any atom is -0.502 e. The molecular weight excluding hydrogens is 482 g/mol. The second-order valence-corrected chi connectivity index (χ2v) is 12.1. The third-order valence-electron chi connectivity index (χ3n) is 5.00. The molecule has 190 valence electrons. The molecule has 2 rings (SSSR count). The van der Waals surface area contributed by atoms with Crippen LogP contribution in [0.5, 0.6) is 5.75 Å². The summed E-state index contributed by atoms with van der Waals surface area (Å²) in [5, 5.41) is 9.18. The first-order valence-corrected chi connectivity index (χ1v) is 14.5. The molecule has 1 N–H and O–H groups in total. The van der Waals surface area contributed by atoms with Gasteiger partial charge in [0.2, 0.25) is 5.75 Å². The van der Waals surface area contributed by atoms with Crippen molar-refractivity contribution in [1.82, 2.24) is 9.55 Å². The Morgan fingerprint density at radius 3 is 1.82 bits per heavy atom. The second kappa shape index (κ2) is 12.8. The average molecular weight is 516 g/mol. The summed E-state index contributed by atoms with van der Waals surface area (Å²) >= 11 is 0. The Balaban J connectivity index is 2.54. The number of rotatable bonds is 14. The van der Waals surface area contributed by atoms with Crippen LogP contribution in [-0.2, 0) is 40.7 Å². The first-order chi connectivity index (χ1) is 16.2. The average Bonchev–Trinajstić information content (AvgIpc) is 2.80. The van der Waals surface area contributed by atoms with E-state index < -0.39 is 31.9 Å². The summed E-state index contributed by atoms with van der Waals surface area (Å²) in [7, 11) is -6.39. The van der Waals surface area contributed by atoms with Crippen LogP contribution in [0.15, 0.2) is 35.1 Å². The summed E-state index contributed by atoms with van der Waals surface area (Å²) in [4.78, 5) is 17.2. The molecule has 0 aliphatic heterocycles. The number of nitrogens with zero attached hydrogens (tertiary/aromatic N) is 2. The molecule has 2 aromatic rings. The van der Waals surface area contributed by atoms with Gasteiger partial charge in [0.1, 0.15) is 11.5 Å². The minimum absolute atomic E-state index is 0.0200. The van der Waals surface area contributed by atoms with E-state index in [1.165, 1.54) is 11.6 Å². The third kappa shape index (κ3) is 6.45. The number of benzene rings is 1. The Hall–Kier alpha value is -1.80. The normalized spacial score (nSPS) is 12.4. The lowest BCUT2D eigenvalue weighted by Crippen LogP contribution is -2.24. The van der Waals surface area contributed by atoms with E-state index in [0.29, 0.717) is 11.4 Å². The maximum Gasteiger partial charge on any atom is 0.345 e. The smallest absolute Gasteiger partial charge is 0.345 e. The van der Waals surface area contributed by atoms with Gasteiger partial charge in [0.05, 0.1) is 26.4 Å². The van der Waals surface area contributed by atoms with Gasteiger partial charge >= 0.3 is 15.2 Å². The summed E-state index contributed by atoms with van der Waals surface area (Å²) in [5.74, 6) is -0.177. The fraction of sp³-hybridized carbons (Fsp3) is 0.545. The Morgan fingerprint density at radius 1 is 0.912 bits per heavy atom. The van der Waals surface area contributed by atoms with Crippen molar-refractivity contribution < 1.29 is 32.3 Å². The highest BCUT2D eigenvalue weighted by Gasteiger charge is 2.50. The zero-order valence-electron chi connectivity index (χ0n) is 20.3. The van der Waals surface area contributed by atoms with E-state index in [4.69, 9.17) is 18.1 Å². The van der Waals surface area contributed by atoms with E-state index >= 15 is 0 Å². The molecule has 0 unspecified atom stereocenters. The van der Waals surface area contributed by atoms with Gasteiger partial charge in [-0.05, 0) is 34.1 Å². The van der Waals surface area contributed by atoms with Crippen LogP contribution in [0, 0.1) is 0 Å². The molecule has 1 heterocycles.